The Kier molecular flexibility index (Phi) is 4.92. The van der Waals surface area contributed by atoms with Crippen LogP contribution in [0.4, 0.5) is 5.69 Å². The number of carbonyl (C=O) groups excluding carboxylic acids is 1. The molecule has 4 nitrogen and oxygen atoms in total. The van der Waals surface area contributed by atoms with Crippen LogP contribution in [0.1, 0.15) is 10.4 Å². The minimum atomic E-state index is -0.191. The van der Waals surface area contributed by atoms with Crippen LogP contribution in [0.25, 0.3) is 33.3 Å². The average Bonchev–Trinajstić information content (AvgIpc) is 3.20. The van der Waals surface area contributed by atoms with Gasteiger partial charge in [-0.25, -0.2) is 4.98 Å². The lowest BCUT2D eigenvalue weighted by Gasteiger charge is -2.08. The first-order valence-corrected chi connectivity index (χ1v) is 10.7. The highest BCUT2D eigenvalue weighted by atomic mass is 127. The van der Waals surface area contributed by atoms with E-state index in [-0.39, 0.29) is 5.91 Å². The van der Waals surface area contributed by atoms with Gasteiger partial charge in [0.25, 0.3) is 5.91 Å². The highest BCUT2D eigenvalue weighted by Gasteiger charge is 2.15. The largest absolute Gasteiger partial charge is 0.436 e. The number of nitrogens with zero attached hydrogens (tertiary/aromatic N) is 1. The third kappa shape index (κ3) is 3.55. The first-order chi connectivity index (χ1) is 14.6. The zero-order chi connectivity index (χ0) is 20.7. The number of hydrogen-bond acceptors (Lipinski definition) is 3. The molecule has 5 aromatic rings. The fourth-order valence-corrected chi connectivity index (χ4v) is 3.91. The van der Waals surface area contributed by atoms with Crippen LogP contribution < -0.4 is 5.32 Å². The van der Waals surface area contributed by atoms with Gasteiger partial charge in [0.05, 0.1) is 10.6 Å². The number of carbonyl (C=O) groups is 1. The summed E-state index contributed by atoms with van der Waals surface area (Å²) in [4.78, 5) is 17.3. The lowest BCUT2D eigenvalue weighted by Crippen LogP contribution is -2.11. The molecule has 0 unspecified atom stereocenters. The van der Waals surface area contributed by atoms with Gasteiger partial charge in [0.2, 0.25) is 5.89 Å². The van der Waals surface area contributed by atoms with Crippen LogP contribution in [0.5, 0.6) is 0 Å². The third-order valence-corrected chi connectivity index (χ3v) is 5.89. The maximum absolute atomic E-state index is 12.6. The SMILES string of the molecule is O=C(Nc1ccc(Cl)c(-c2nc3c(ccc4ccccc43)o2)c1)c1ccc(I)cc1. The summed E-state index contributed by atoms with van der Waals surface area (Å²) in [5.74, 6) is 0.222. The molecule has 4 aromatic carbocycles. The van der Waals surface area contributed by atoms with Gasteiger partial charge in [-0.15, -0.1) is 0 Å². The number of benzene rings is 4. The molecule has 1 N–H and O–H groups in total. The summed E-state index contributed by atoms with van der Waals surface area (Å²) in [6.07, 6.45) is 0. The van der Waals surface area contributed by atoms with Crippen molar-refractivity contribution in [1.29, 1.82) is 0 Å². The summed E-state index contributed by atoms with van der Waals surface area (Å²) >= 11 is 8.64. The zero-order valence-corrected chi connectivity index (χ0v) is 18.4. The van der Waals surface area contributed by atoms with Crippen molar-refractivity contribution >= 4 is 67.7 Å². The summed E-state index contributed by atoms with van der Waals surface area (Å²) in [5.41, 5.74) is 3.29. The second-order valence-electron chi connectivity index (χ2n) is 6.81. The van der Waals surface area contributed by atoms with E-state index in [1.54, 1.807) is 30.3 Å². The smallest absolute Gasteiger partial charge is 0.255 e. The van der Waals surface area contributed by atoms with Gasteiger partial charge in [0.1, 0.15) is 5.52 Å². The van der Waals surface area contributed by atoms with Crippen LogP contribution in [0.15, 0.2) is 83.3 Å². The van der Waals surface area contributed by atoms with Crippen molar-refractivity contribution in [3.63, 3.8) is 0 Å². The van der Waals surface area contributed by atoms with Gasteiger partial charge in [-0.2, -0.15) is 0 Å². The third-order valence-electron chi connectivity index (χ3n) is 4.84. The Labute approximate surface area is 191 Å². The van der Waals surface area contributed by atoms with Crippen LogP contribution in [-0.4, -0.2) is 10.9 Å². The summed E-state index contributed by atoms with van der Waals surface area (Å²) in [5, 5.41) is 5.52. The second kappa shape index (κ2) is 7.74. The van der Waals surface area contributed by atoms with Crippen molar-refractivity contribution in [1.82, 2.24) is 4.98 Å². The topological polar surface area (TPSA) is 55.1 Å². The Balaban J connectivity index is 1.52. The van der Waals surface area contributed by atoms with E-state index < -0.39 is 0 Å². The van der Waals surface area contributed by atoms with E-state index in [0.29, 0.717) is 33.3 Å². The molecule has 1 amide bonds. The Morgan fingerprint density at radius 2 is 1.77 bits per heavy atom. The zero-order valence-electron chi connectivity index (χ0n) is 15.5. The van der Waals surface area contributed by atoms with Crippen molar-refractivity contribution in [2.75, 3.05) is 5.32 Å². The fraction of sp³-hybridized carbons (Fsp3) is 0. The molecule has 1 heterocycles. The lowest BCUT2D eigenvalue weighted by atomic mass is 10.1. The number of aromatic nitrogens is 1. The van der Waals surface area contributed by atoms with Crippen molar-refractivity contribution in [3.05, 3.63) is 93.0 Å². The van der Waals surface area contributed by atoms with Crippen molar-refractivity contribution < 1.29 is 9.21 Å². The van der Waals surface area contributed by atoms with E-state index in [2.05, 4.69) is 27.9 Å². The molecular formula is C24H14ClIN2O2. The fourth-order valence-electron chi connectivity index (χ4n) is 3.35. The van der Waals surface area contributed by atoms with E-state index in [4.69, 9.17) is 21.0 Å². The van der Waals surface area contributed by atoms with Gasteiger partial charge in [-0.3, -0.25) is 4.79 Å². The number of oxazole rings is 1. The number of nitrogens with one attached hydrogen (secondary N) is 1. The van der Waals surface area contributed by atoms with E-state index in [1.165, 1.54) is 0 Å². The molecule has 5 rings (SSSR count). The van der Waals surface area contributed by atoms with Gasteiger partial charge in [-0.1, -0.05) is 41.9 Å². The molecule has 146 valence electrons. The molecule has 0 saturated carbocycles. The molecule has 6 heteroatoms. The maximum atomic E-state index is 12.6. The van der Waals surface area contributed by atoms with Crippen LogP contribution in [0.2, 0.25) is 5.02 Å². The molecule has 0 spiro atoms. The van der Waals surface area contributed by atoms with Gasteiger partial charge in [0.15, 0.2) is 5.58 Å². The monoisotopic (exact) mass is 524 g/mol. The normalized spacial score (nSPS) is 11.1. The van der Waals surface area contributed by atoms with Gasteiger partial charge >= 0.3 is 0 Å². The van der Waals surface area contributed by atoms with E-state index in [9.17, 15) is 4.79 Å². The summed E-state index contributed by atoms with van der Waals surface area (Å²) in [6, 6.07) is 24.6. The highest BCUT2D eigenvalue weighted by Crippen LogP contribution is 2.34. The molecule has 30 heavy (non-hydrogen) atoms. The van der Waals surface area contributed by atoms with E-state index in [0.717, 1.165) is 19.9 Å². The molecule has 0 fully saturated rings. The van der Waals surface area contributed by atoms with Crippen LogP contribution in [-0.2, 0) is 0 Å². The minimum absolute atomic E-state index is 0.191. The lowest BCUT2D eigenvalue weighted by molar-refractivity contribution is 0.102. The quantitative estimate of drug-likeness (QED) is 0.255. The van der Waals surface area contributed by atoms with Crippen LogP contribution in [0.3, 0.4) is 0 Å². The molecule has 0 aliphatic carbocycles. The number of hydrogen-bond donors (Lipinski definition) is 1. The molecule has 0 saturated heterocycles. The average molecular weight is 525 g/mol. The Morgan fingerprint density at radius 3 is 2.60 bits per heavy atom. The molecule has 0 atom stereocenters. The van der Waals surface area contributed by atoms with E-state index >= 15 is 0 Å². The van der Waals surface area contributed by atoms with Gasteiger partial charge in [-0.05, 0) is 76.5 Å². The number of fused-ring (bicyclic) bond motifs is 3. The molecule has 1 aromatic heterocycles. The second-order valence-corrected chi connectivity index (χ2v) is 8.46. The Bertz CT molecular complexity index is 1410. The minimum Gasteiger partial charge on any atom is -0.436 e. The summed E-state index contributed by atoms with van der Waals surface area (Å²) < 4.78 is 7.06. The highest BCUT2D eigenvalue weighted by molar-refractivity contribution is 14.1. The van der Waals surface area contributed by atoms with Crippen molar-refractivity contribution in [2.24, 2.45) is 0 Å². The standard InChI is InChI=1S/C24H14ClIN2O2/c25-20-11-10-17(27-23(29)15-5-8-16(26)9-6-15)13-19(20)24-28-22-18-4-2-1-3-14(18)7-12-21(22)30-24/h1-13H,(H,27,29). The predicted octanol–water partition coefficient (Wildman–Crippen LogP) is 7.16. The Hall–Kier alpha value is -2.90. The first kappa shape index (κ1) is 19.1. The number of rotatable bonds is 3. The molecule has 0 aliphatic heterocycles. The predicted molar refractivity (Wildman–Crippen MR) is 129 cm³/mol. The van der Waals surface area contributed by atoms with Crippen LogP contribution >= 0.6 is 34.2 Å². The number of amides is 1. The molecule has 0 bridgehead atoms. The van der Waals surface area contributed by atoms with Crippen LogP contribution in [0, 0.1) is 3.57 Å². The summed E-state index contributed by atoms with van der Waals surface area (Å²) in [6.45, 7) is 0. The first-order valence-electron chi connectivity index (χ1n) is 9.23. The van der Waals surface area contributed by atoms with Gasteiger partial charge in [0, 0.05) is 20.2 Å². The van der Waals surface area contributed by atoms with E-state index in [1.807, 2.05) is 48.5 Å². The molecular weight excluding hydrogens is 511 g/mol. The van der Waals surface area contributed by atoms with Crippen molar-refractivity contribution in [3.8, 4) is 11.5 Å². The molecule has 0 aliphatic rings. The number of halogens is 2. The summed E-state index contributed by atoms with van der Waals surface area (Å²) in [7, 11) is 0. The Morgan fingerprint density at radius 1 is 0.967 bits per heavy atom. The molecule has 0 radical (unpaired) electrons. The van der Waals surface area contributed by atoms with Gasteiger partial charge < -0.3 is 9.73 Å². The van der Waals surface area contributed by atoms with Crippen molar-refractivity contribution in [2.45, 2.75) is 0 Å². The number of anilines is 1. The maximum Gasteiger partial charge on any atom is 0.255 e.